The predicted molar refractivity (Wildman–Crippen MR) is 102 cm³/mol. The first-order chi connectivity index (χ1) is 13.3. The van der Waals surface area contributed by atoms with Crippen LogP contribution >= 0.6 is 0 Å². The van der Waals surface area contributed by atoms with Crippen LogP contribution in [0.2, 0.25) is 0 Å². The standard InChI is InChI=1S/C21H19N5O/c27-20(14-1-2-14)24-19-17-3-8-21(13-18(17)25-26-19,15-4-9-22-10-5-15)16-6-11-23-12-7-16/h3-12,14H,1-2,13H2,(H2,24,25,26,27). The third kappa shape index (κ3) is 2.73. The van der Waals surface area contributed by atoms with Gasteiger partial charge in [-0.05, 0) is 48.2 Å². The Kier molecular flexibility index (Phi) is 3.63. The summed E-state index contributed by atoms with van der Waals surface area (Å²) in [5.41, 5.74) is 3.95. The molecule has 0 spiro atoms. The molecule has 0 aromatic carbocycles. The summed E-state index contributed by atoms with van der Waals surface area (Å²) in [7, 11) is 0. The normalized spacial score (nSPS) is 17.3. The van der Waals surface area contributed by atoms with E-state index < -0.39 is 0 Å². The number of pyridine rings is 2. The smallest absolute Gasteiger partial charge is 0.228 e. The molecule has 0 saturated heterocycles. The van der Waals surface area contributed by atoms with Crippen molar-refractivity contribution in [3.63, 3.8) is 0 Å². The van der Waals surface area contributed by atoms with E-state index in [0.717, 1.165) is 41.6 Å². The van der Waals surface area contributed by atoms with E-state index in [2.05, 4.69) is 37.6 Å². The Morgan fingerprint density at radius 3 is 2.26 bits per heavy atom. The highest BCUT2D eigenvalue weighted by molar-refractivity contribution is 5.95. The molecule has 0 atom stereocenters. The molecule has 3 aromatic heterocycles. The van der Waals surface area contributed by atoms with Crippen molar-refractivity contribution in [2.45, 2.75) is 24.7 Å². The van der Waals surface area contributed by atoms with Gasteiger partial charge in [0, 0.05) is 53.8 Å². The molecule has 3 heterocycles. The number of H-pyrrole nitrogens is 1. The van der Waals surface area contributed by atoms with Gasteiger partial charge in [0.2, 0.25) is 5.91 Å². The van der Waals surface area contributed by atoms with E-state index >= 15 is 0 Å². The second-order valence-corrected chi connectivity index (χ2v) is 7.18. The van der Waals surface area contributed by atoms with Gasteiger partial charge < -0.3 is 5.32 Å². The van der Waals surface area contributed by atoms with Gasteiger partial charge in [-0.15, -0.1) is 0 Å². The van der Waals surface area contributed by atoms with Gasteiger partial charge in [-0.1, -0.05) is 12.2 Å². The largest absolute Gasteiger partial charge is 0.308 e. The second kappa shape index (κ2) is 6.16. The van der Waals surface area contributed by atoms with E-state index in [4.69, 9.17) is 0 Å². The Morgan fingerprint density at radius 1 is 1.04 bits per heavy atom. The lowest BCUT2D eigenvalue weighted by Gasteiger charge is -2.34. The number of carbonyl (C=O) groups excluding carboxylic acids is 1. The van der Waals surface area contributed by atoms with Gasteiger partial charge in [0.15, 0.2) is 5.82 Å². The Bertz CT molecular complexity index is 966. The molecule has 2 aliphatic rings. The molecule has 0 radical (unpaired) electrons. The van der Waals surface area contributed by atoms with E-state index in [0.29, 0.717) is 5.82 Å². The van der Waals surface area contributed by atoms with Gasteiger partial charge in [0.05, 0.1) is 0 Å². The number of amides is 1. The van der Waals surface area contributed by atoms with Crippen molar-refractivity contribution in [2.24, 2.45) is 5.92 Å². The molecule has 134 valence electrons. The molecule has 0 bridgehead atoms. The number of aromatic amines is 1. The van der Waals surface area contributed by atoms with Crippen LogP contribution in [-0.2, 0) is 16.6 Å². The zero-order valence-corrected chi connectivity index (χ0v) is 14.7. The number of nitrogens with one attached hydrogen (secondary N) is 2. The van der Waals surface area contributed by atoms with E-state index in [1.165, 1.54) is 0 Å². The monoisotopic (exact) mass is 357 g/mol. The molecule has 1 saturated carbocycles. The summed E-state index contributed by atoms with van der Waals surface area (Å²) >= 11 is 0. The lowest BCUT2D eigenvalue weighted by atomic mass is 9.69. The van der Waals surface area contributed by atoms with Crippen LogP contribution < -0.4 is 5.32 Å². The summed E-state index contributed by atoms with van der Waals surface area (Å²) in [6.07, 6.45) is 14.2. The fourth-order valence-corrected chi connectivity index (χ4v) is 3.79. The van der Waals surface area contributed by atoms with Crippen LogP contribution in [0, 0.1) is 5.92 Å². The molecule has 27 heavy (non-hydrogen) atoms. The Hall–Kier alpha value is -3.28. The minimum absolute atomic E-state index is 0.0674. The molecular weight excluding hydrogens is 338 g/mol. The second-order valence-electron chi connectivity index (χ2n) is 7.18. The lowest BCUT2D eigenvalue weighted by Crippen LogP contribution is -2.30. The predicted octanol–water partition coefficient (Wildman–Crippen LogP) is 3.10. The third-order valence-electron chi connectivity index (χ3n) is 5.45. The highest BCUT2D eigenvalue weighted by atomic mass is 16.2. The Balaban J connectivity index is 1.56. The van der Waals surface area contributed by atoms with Crippen LogP contribution in [-0.4, -0.2) is 26.1 Å². The van der Waals surface area contributed by atoms with Crippen molar-refractivity contribution in [1.82, 2.24) is 20.2 Å². The fraction of sp³-hybridized carbons (Fsp3) is 0.238. The van der Waals surface area contributed by atoms with Crippen LogP contribution in [0.1, 0.15) is 35.2 Å². The van der Waals surface area contributed by atoms with Gasteiger partial charge in [0.1, 0.15) is 0 Å². The van der Waals surface area contributed by atoms with Crippen LogP contribution in [0.4, 0.5) is 5.82 Å². The van der Waals surface area contributed by atoms with Crippen LogP contribution in [0.3, 0.4) is 0 Å². The van der Waals surface area contributed by atoms with Crippen molar-refractivity contribution in [3.8, 4) is 0 Å². The number of nitrogens with zero attached hydrogens (tertiary/aromatic N) is 3. The molecule has 2 aliphatic carbocycles. The van der Waals surface area contributed by atoms with Crippen molar-refractivity contribution in [2.75, 3.05) is 5.32 Å². The molecule has 1 fully saturated rings. The summed E-state index contributed by atoms with van der Waals surface area (Å²) in [4.78, 5) is 20.5. The molecule has 1 amide bonds. The third-order valence-corrected chi connectivity index (χ3v) is 5.45. The van der Waals surface area contributed by atoms with Gasteiger partial charge in [-0.25, -0.2) is 0 Å². The SMILES string of the molecule is O=C(Nc1n[nH]c2c1C=CC(c1ccncc1)(c1ccncc1)C2)C1CC1. The molecule has 0 unspecified atom stereocenters. The minimum Gasteiger partial charge on any atom is -0.308 e. The van der Waals surface area contributed by atoms with Gasteiger partial charge >= 0.3 is 0 Å². The first-order valence-electron chi connectivity index (χ1n) is 9.15. The molecule has 5 rings (SSSR count). The maximum Gasteiger partial charge on any atom is 0.228 e. The minimum atomic E-state index is -0.330. The maximum absolute atomic E-state index is 12.1. The van der Waals surface area contributed by atoms with Crippen LogP contribution in [0.5, 0.6) is 0 Å². The number of anilines is 1. The number of hydrogen-bond donors (Lipinski definition) is 2. The summed E-state index contributed by atoms with van der Waals surface area (Å²) < 4.78 is 0. The van der Waals surface area contributed by atoms with Crippen LogP contribution in [0.25, 0.3) is 6.08 Å². The zero-order valence-electron chi connectivity index (χ0n) is 14.7. The maximum atomic E-state index is 12.1. The molecule has 0 aliphatic heterocycles. The lowest BCUT2D eigenvalue weighted by molar-refractivity contribution is -0.117. The number of rotatable bonds is 4. The van der Waals surface area contributed by atoms with Crippen LogP contribution in [0.15, 0.2) is 55.1 Å². The molecule has 6 nitrogen and oxygen atoms in total. The number of carbonyl (C=O) groups is 1. The number of fused-ring (bicyclic) bond motifs is 1. The van der Waals surface area contributed by atoms with Crippen molar-refractivity contribution < 1.29 is 4.79 Å². The van der Waals surface area contributed by atoms with E-state index in [1.54, 1.807) is 0 Å². The average molecular weight is 357 g/mol. The first-order valence-corrected chi connectivity index (χ1v) is 9.15. The van der Waals surface area contributed by atoms with Gasteiger partial charge in [0.25, 0.3) is 0 Å². The van der Waals surface area contributed by atoms with E-state index in [1.807, 2.05) is 49.1 Å². The summed E-state index contributed by atoms with van der Waals surface area (Å²) in [5.74, 6) is 0.839. The molecule has 6 heteroatoms. The summed E-state index contributed by atoms with van der Waals surface area (Å²) in [6.45, 7) is 0. The molecule has 2 N–H and O–H groups in total. The average Bonchev–Trinajstić information content (AvgIpc) is 3.52. The fourth-order valence-electron chi connectivity index (χ4n) is 3.79. The topological polar surface area (TPSA) is 83.6 Å². The van der Waals surface area contributed by atoms with Gasteiger partial charge in [-0.3, -0.25) is 19.9 Å². The van der Waals surface area contributed by atoms with Gasteiger partial charge in [-0.2, -0.15) is 5.10 Å². The number of allylic oxidation sites excluding steroid dienone is 1. The first kappa shape index (κ1) is 15.9. The highest BCUT2D eigenvalue weighted by Gasteiger charge is 2.37. The Labute approximate surface area is 156 Å². The zero-order chi connectivity index (χ0) is 18.3. The highest BCUT2D eigenvalue weighted by Crippen LogP contribution is 2.42. The quantitative estimate of drug-likeness (QED) is 0.751. The summed E-state index contributed by atoms with van der Waals surface area (Å²) in [5, 5.41) is 10.5. The number of hydrogen-bond acceptors (Lipinski definition) is 4. The summed E-state index contributed by atoms with van der Waals surface area (Å²) in [6, 6.07) is 8.17. The van der Waals surface area contributed by atoms with E-state index in [9.17, 15) is 4.79 Å². The Morgan fingerprint density at radius 2 is 1.67 bits per heavy atom. The number of aromatic nitrogens is 4. The molecular formula is C21H19N5O. The van der Waals surface area contributed by atoms with Crippen molar-refractivity contribution in [1.29, 1.82) is 0 Å². The molecule has 3 aromatic rings. The van der Waals surface area contributed by atoms with Crippen molar-refractivity contribution >= 4 is 17.8 Å². The van der Waals surface area contributed by atoms with E-state index in [-0.39, 0.29) is 17.2 Å². The van der Waals surface area contributed by atoms with Crippen molar-refractivity contribution in [3.05, 3.63) is 77.5 Å².